The Balaban J connectivity index is 1.91. The number of benzene rings is 1. The lowest BCUT2D eigenvalue weighted by Gasteiger charge is -2.17. The Morgan fingerprint density at radius 1 is 1.55 bits per heavy atom. The van der Waals surface area contributed by atoms with Crippen LogP contribution in [0.1, 0.15) is 13.3 Å². The van der Waals surface area contributed by atoms with Crippen molar-refractivity contribution in [2.45, 2.75) is 25.5 Å². The van der Waals surface area contributed by atoms with Crippen molar-refractivity contribution in [2.75, 3.05) is 13.6 Å². The van der Waals surface area contributed by atoms with Gasteiger partial charge < -0.3 is 15.0 Å². The molecular formula is C14H17BrN2O3. The summed E-state index contributed by atoms with van der Waals surface area (Å²) in [5.74, 6) is 0.281. The molecule has 0 bridgehead atoms. The number of halogens is 1. The number of carbonyl (C=O) groups excluding carboxylic acids is 2. The molecule has 0 radical (unpaired) electrons. The van der Waals surface area contributed by atoms with Crippen molar-refractivity contribution in [3.8, 4) is 5.75 Å². The van der Waals surface area contributed by atoms with E-state index in [4.69, 9.17) is 4.74 Å². The van der Waals surface area contributed by atoms with Crippen LogP contribution in [0.25, 0.3) is 0 Å². The number of nitrogens with one attached hydrogen (secondary N) is 1. The average molecular weight is 341 g/mol. The third kappa shape index (κ3) is 3.50. The molecule has 2 rings (SSSR count). The van der Waals surface area contributed by atoms with Gasteiger partial charge in [0, 0.05) is 18.1 Å². The minimum absolute atomic E-state index is 0.0481. The zero-order valence-corrected chi connectivity index (χ0v) is 13.0. The van der Waals surface area contributed by atoms with E-state index >= 15 is 0 Å². The number of amides is 2. The van der Waals surface area contributed by atoms with E-state index in [1.165, 1.54) is 0 Å². The molecule has 1 aromatic rings. The van der Waals surface area contributed by atoms with E-state index in [1.54, 1.807) is 31.0 Å². The van der Waals surface area contributed by atoms with E-state index < -0.39 is 12.1 Å². The summed E-state index contributed by atoms with van der Waals surface area (Å²) in [4.78, 5) is 25.4. The topological polar surface area (TPSA) is 58.6 Å². The average Bonchev–Trinajstić information content (AvgIpc) is 2.70. The summed E-state index contributed by atoms with van der Waals surface area (Å²) in [6, 6.07) is 6.85. The van der Waals surface area contributed by atoms with E-state index in [0.29, 0.717) is 18.7 Å². The first-order valence-electron chi connectivity index (χ1n) is 6.45. The molecule has 6 heteroatoms. The highest BCUT2D eigenvalue weighted by Crippen LogP contribution is 2.19. The number of ether oxygens (including phenoxy) is 1. The van der Waals surface area contributed by atoms with Gasteiger partial charge in [0.25, 0.3) is 5.91 Å². The third-order valence-electron chi connectivity index (χ3n) is 3.22. The quantitative estimate of drug-likeness (QED) is 0.904. The second-order valence-electron chi connectivity index (χ2n) is 4.83. The monoisotopic (exact) mass is 340 g/mol. The maximum atomic E-state index is 12.0. The van der Waals surface area contributed by atoms with Crippen molar-refractivity contribution in [1.82, 2.24) is 10.2 Å². The zero-order valence-electron chi connectivity index (χ0n) is 11.4. The predicted octanol–water partition coefficient (Wildman–Crippen LogP) is 1.56. The highest BCUT2D eigenvalue weighted by molar-refractivity contribution is 9.10. The standard InChI is InChI=1S/C14H17BrN2O3/c1-9(20-11-5-3-4-10(15)8-11)13(18)16-12-6-7-17(2)14(12)19/h3-5,8-9,12H,6-7H2,1-2H3,(H,16,18). The number of hydrogen-bond donors (Lipinski definition) is 1. The first kappa shape index (κ1) is 14.8. The molecule has 20 heavy (non-hydrogen) atoms. The molecule has 0 aliphatic carbocycles. The first-order valence-corrected chi connectivity index (χ1v) is 7.24. The Labute approximate surface area is 126 Å². The fraction of sp³-hybridized carbons (Fsp3) is 0.429. The largest absolute Gasteiger partial charge is 0.481 e. The highest BCUT2D eigenvalue weighted by atomic mass is 79.9. The van der Waals surface area contributed by atoms with E-state index in [0.717, 1.165) is 4.47 Å². The van der Waals surface area contributed by atoms with Crippen molar-refractivity contribution >= 4 is 27.7 Å². The highest BCUT2D eigenvalue weighted by Gasteiger charge is 2.31. The van der Waals surface area contributed by atoms with Crippen molar-refractivity contribution < 1.29 is 14.3 Å². The number of carbonyl (C=O) groups is 2. The van der Waals surface area contributed by atoms with Crippen LogP contribution in [-0.2, 0) is 9.59 Å². The fourth-order valence-electron chi connectivity index (χ4n) is 2.04. The van der Waals surface area contributed by atoms with Gasteiger partial charge in [-0.05, 0) is 31.5 Å². The lowest BCUT2D eigenvalue weighted by molar-refractivity contribution is -0.134. The molecule has 1 heterocycles. The molecule has 5 nitrogen and oxygen atoms in total. The van der Waals surface area contributed by atoms with Crippen molar-refractivity contribution in [1.29, 1.82) is 0 Å². The Morgan fingerprint density at radius 3 is 2.90 bits per heavy atom. The summed E-state index contributed by atoms with van der Waals surface area (Å²) in [5, 5.41) is 2.73. The molecule has 1 aliphatic heterocycles. The number of rotatable bonds is 4. The van der Waals surface area contributed by atoms with Gasteiger partial charge in [0.15, 0.2) is 6.10 Å². The molecule has 108 valence electrons. The zero-order chi connectivity index (χ0) is 14.7. The molecule has 0 aromatic heterocycles. The van der Waals surface area contributed by atoms with Gasteiger partial charge in [0.1, 0.15) is 11.8 Å². The Bertz CT molecular complexity index is 521. The smallest absolute Gasteiger partial charge is 0.261 e. The Hall–Kier alpha value is -1.56. The molecular weight excluding hydrogens is 324 g/mol. The maximum Gasteiger partial charge on any atom is 0.261 e. The van der Waals surface area contributed by atoms with E-state index in [1.807, 2.05) is 12.1 Å². The van der Waals surface area contributed by atoms with Crippen LogP contribution in [0.15, 0.2) is 28.7 Å². The molecule has 1 N–H and O–H groups in total. The van der Waals surface area contributed by atoms with E-state index in [-0.39, 0.29) is 11.8 Å². The number of hydrogen-bond acceptors (Lipinski definition) is 3. The van der Waals surface area contributed by atoms with Gasteiger partial charge in [-0.2, -0.15) is 0 Å². The number of likely N-dealkylation sites (tertiary alicyclic amines) is 1. The summed E-state index contributed by atoms with van der Waals surface area (Å²) >= 11 is 3.34. The lowest BCUT2D eigenvalue weighted by Crippen LogP contribution is -2.45. The molecule has 1 aliphatic rings. The second-order valence-corrected chi connectivity index (χ2v) is 5.74. The summed E-state index contributed by atoms with van der Waals surface area (Å²) in [6.07, 6.45) is -0.00646. The Kier molecular flexibility index (Phi) is 4.65. The first-order chi connectivity index (χ1) is 9.47. The molecule has 1 aromatic carbocycles. The number of nitrogens with zero attached hydrogens (tertiary/aromatic N) is 1. The van der Waals surface area contributed by atoms with Gasteiger partial charge in [-0.25, -0.2) is 0 Å². The van der Waals surface area contributed by atoms with Gasteiger partial charge in [-0.3, -0.25) is 9.59 Å². The SMILES string of the molecule is CC(Oc1cccc(Br)c1)C(=O)NC1CCN(C)C1=O. The maximum absolute atomic E-state index is 12.0. The Morgan fingerprint density at radius 2 is 2.30 bits per heavy atom. The van der Waals surface area contributed by atoms with E-state index in [9.17, 15) is 9.59 Å². The van der Waals surface area contributed by atoms with Gasteiger partial charge in [0.2, 0.25) is 5.91 Å². The minimum Gasteiger partial charge on any atom is -0.481 e. The summed E-state index contributed by atoms with van der Waals surface area (Å²) in [7, 11) is 1.73. The molecule has 2 amide bonds. The van der Waals surface area contributed by atoms with E-state index in [2.05, 4.69) is 21.2 Å². The van der Waals surface area contributed by atoms with Crippen LogP contribution in [0.3, 0.4) is 0 Å². The van der Waals surface area contributed by atoms with Crippen molar-refractivity contribution in [3.63, 3.8) is 0 Å². The second kappa shape index (κ2) is 6.26. The molecule has 0 spiro atoms. The van der Waals surface area contributed by atoms with Gasteiger partial charge in [0.05, 0.1) is 0 Å². The third-order valence-corrected chi connectivity index (χ3v) is 3.72. The fourth-order valence-corrected chi connectivity index (χ4v) is 2.42. The summed E-state index contributed by atoms with van der Waals surface area (Å²) in [5.41, 5.74) is 0. The van der Waals surface area contributed by atoms with Crippen LogP contribution in [0.5, 0.6) is 5.75 Å². The van der Waals surface area contributed by atoms with Crippen molar-refractivity contribution in [2.24, 2.45) is 0 Å². The molecule has 1 saturated heterocycles. The lowest BCUT2D eigenvalue weighted by atomic mass is 10.2. The van der Waals surface area contributed by atoms with Gasteiger partial charge in [-0.15, -0.1) is 0 Å². The number of likely N-dealkylation sites (N-methyl/N-ethyl adjacent to an activating group) is 1. The molecule has 0 saturated carbocycles. The molecule has 2 atom stereocenters. The van der Waals surface area contributed by atoms with Crippen LogP contribution in [0, 0.1) is 0 Å². The van der Waals surface area contributed by atoms with Crippen LogP contribution >= 0.6 is 15.9 Å². The van der Waals surface area contributed by atoms with Crippen LogP contribution < -0.4 is 10.1 Å². The summed E-state index contributed by atoms with van der Waals surface area (Å²) in [6.45, 7) is 2.34. The normalized spacial score (nSPS) is 19.9. The van der Waals surface area contributed by atoms with Crippen LogP contribution in [0.4, 0.5) is 0 Å². The molecule has 2 unspecified atom stereocenters. The predicted molar refractivity (Wildman–Crippen MR) is 78.4 cm³/mol. The van der Waals surface area contributed by atoms with Gasteiger partial charge in [-0.1, -0.05) is 22.0 Å². The summed E-state index contributed by atoms with van der Waals surface area (Å²) < 4.78 is 6.45. The minimum atomic E-state index is -0.650. The van der Waals surface area contributed by atoms with Crippen molar-refractivity contribution in [3.05, 3.63) is 28.7 Å². The van der Waals surface area contributed by atoms with Gasteiger partial charge >= 0.3 is 0 Å². The van der Waals surface area contributed by atoms with Crippen LogP contribution in [-0.4, -0.2) is 42.5 Å². The molecule has 1 fully saturated rings. The van der Waals surface area contributed by atoms with Crippen LogP contribution in [0.2, 0.25) is 0 Å².